The minimum atomic E-state index is -0.964. The monoisotopic (exact) mass is 647 g/mol. The second kappa shape index (κ2) is 14.2. The highest BCUT2D eigenvalue weighted by atomic mass is 32.2. The predicted molar refractivity (Wildman–Crippen MR) is 169 cm³/mol. The molecule has 3 N–H and O–H groups in total. The summed E-state index contributed by atoms with van der Waals surface area (Å²) in [5, 5.41) is 7.67. The summed E-state index contributed by atoms with van der Waals surface area (Å²) in [6, 6.07) is 17.6. The average Bonchev–Trinajstić information content (AvgIpc) is 3.48. The SMILES string of the molecule is CO/N=C(\C(=O)NC1C(=O)N2C(C(=O)OC(c3ccccc3)c3ccccc3)=C(/C=C/COC(C)=O)CS[C@@H]12)c1csc(N)n1. The molecule has 14 heteroatoms. The van der Waals surface area contributed by atoms with Crippen LogP contribution in [0, 0.1) is 0 Å². The van der Waals surface area contributed by atoms with E-state index in [-0.39, 0.29) is 28.8 Å². The number of fused-ring (bicyclic) bond motifs is 1. The Morgan fingerprint density at radius 1 is 1.13 bits per heavy atom. The first-order valence-electron chi connectivity index (χ1n) is 13.7. The summed E-state index contributed by atoms with van der Waals surface area (Å²) < 4.78 is 11.1. The van der Waals surface area contributed by atoms with Crippen molar-refractivity contribution in [3.63, 3.8) is 0 Å². The fourth-order valence-electron chi connectivity index (χ4n) is 4.76. The van der Waals surface area contributed by atoms with E-state index >= 15 is 0 Å². The number of β-lactam (4-membered cyclic amide) rings is 1. The van der Waals surface area contributed by atoms with Gasteiger partial charge in [0.25, 0.3) is 11.8 Å². The number of thioether (sulfide) groups is 1. The number of ether oxygens (including phenoxy) is 2. The third-order valence-electron chi connectivity index (χ3n) is 6.77. The molecule has 1 fully saturated rings. The molecular formula is C31H29N5O7S2. The summed E-state index contributed by atoms with van der Waals surface area (Å²) >= 11 is 2.49. The van der Waals surface area contributed by atoms with E-state index in [1.165, 1.54) is 30.7 Å². The number of hydrogen-bond donors (Lipinski definition) is 2. The van der Waals surface area contributed by atoms with Crippen molar-refractivity contribution in [2.24, 2.45) is 5.16 Å². The molecule has 2 atom stereocenters. The topological polar surface area (TPSA) is 163 Å². The van der Waals surface area contributed by atoms with E-state index in [1.807, 2.05) is 60.7 Å². The minimum absolute atomic E-state index is 0.0126. The minimum Gasteiger partial charge on any atom is -0.462 e. The number of carbonyl (C=O) groups is 4. The zero-order valence-corrected chi connectivity index (χ0v) is 25.9. The number of nitrogens with zero attached hydrogens (tertiary/aromatic N) is 3. The molecule has 0 radical (unpaired) electrons. The van der Waals surface area contributed by atoms with Gasteiger partial charge in [0.05, 0.1) is 0 Å². The summed E-state index contributed by atoms with van der Waals surface area (Å²) in [4.78, 5) is 62.3. The Bertz CT molecular complexity index is 1630. The van der Waals surface area contributed by atoms with E-state index < -0.39 is 41.3 Å². The number of carbonyl (C=O) groups excluding carboxylic acids is 4. The van der Waals surface area contributed by atoms with Crippen LogP contribution in [0.25, 0.3) is 0 Å². The number of esters is 2. The van der Waals surface area contributed by atoms with E-state index in [9.17, 15) is 19.2 Å². The first-order valence-corrected chi connectivity index (χ1v) is 15.6. The van der Waals surface area contributed by atoms with Crippen LogP contribution >= 0.6 is 23.1 Å². The van der Waals surface area contributed by atoms with Crippen LogP contribution in [0.15, 0.2) is 94.6 Å². The Hall–Kier alpha value is -4.95. The molecule has 1 aromatic heterocycles. The first-order chi connectivity index (χ1) is 21.8. The molecule has 0 aliphatic carbocycles. The number of oxime groups is 1. The quantitative estimate of drug-likeness (QED) is 0.137. The van der Waals surface area contributed by atoms with Gasteiger partial charge in [-0.3, -0.25) is 19.3 Å². The van der Waals surface area contributed by atoms with Gasteiger partial charge in [0.15, 0.2) is 16.9 Å². The smallest absolute Gasteiger partial charge is 0.356 e. The van der Waals surface area contributed by atoms with Crippen LogP contribution in [0.4, 0.5) is 5.13 Å². The molecule has 2 aliphatic heterocycles. The van der Waals surface area contributed by atoms with Crippen molar-refractivity contribution in [2.45, 2.75) is 24.4 Å². The lowest BCUT2D eigenvalue weighted by molar-refractivity contribution is -0.154. The van der Waals surface area contributed by atoms with Gasteiger partial charge in [-0.25, -0.2) is 9.78 Å². The van der Waals surface area contributed by atoms with Crippen LogP contribution in [0.3, 0.4) is 0 Å². The molecular weight excluding hydrogens is 619 g/mol. The number of nitrogens with one attached hydrogen (secondary N) is 1. The lowest BCUT2D eigenvalue weighted by Crippen LogP contribution is -2.71. The molecule has 0 bridgehead atoms. The molecule has 0 spiro atoms. The van der Waals surface area contributed by atoms with Gasteiger partial charge in [0.1, 0.15) is 36.5 Å². The molecule has 1 saturated heterocycles. The Morgan fingerprint density at radius 3 is 2.38 bits per heavy atom. The van der Waals surface area contributed by atoms with Crippen LogP contribution in [-0.2, 0) is 33.5 Å². The number of aromatic nitrogens is 1. The van der Waals surface area contributed by atoms with Crippen molar-refractivity contribution in [3.8, 4) is 0 Å². The number of allylic oxidation sites excluding steroid dienone is 1. The highest BCUT2D eigenvalue weighted by Gasteiger charge is 2.54. The normalized spacial score (nSPS) is 18.0. The number of anilines is 1. The first kappa shape index (κ1) is 31.5. The van der Waals surface area contributed by atoms with Gasteiger partial charge in [-0.2, -0.15) is 0 Å². The van der Waals surface area contributed by atoms with E-state index in [0.29, 0.717) is 11.3 Å². The summed E-state index contributed by atoms with van der Waals surface area (Å²) in [6.07, 6.45) is 2.47. The van der Waals surface area contributed by atoms with Gasteiger partial charge in [0.2, 0.25) is 0 Å². The molecule has 2 amide bonds. The third kappa shape index (κ3) is 7.07. The van der Waals surface area contributed by atoms with Gasteiger partial charge in [-0.1, -0.05) is 71.9 Å². The fraction of sp³-hybridized carbons (Fsp3) is 0.226. The lowest BCUT2D eigenvalue weighted by Gasteiger charge is -2.49. The molecule has 3 heterocycles. The molecule has 5 rings (SSSR count). The van der Waals surface area contributed by atoms with Crippen LogP contribution < -0.4 is 11.1 Å². The molecule has 12 nitrogen and oxygen atoms in total. The van der Waals surface area contributed by atoms with E-state index in [2.05, 4.69) is 15.5 Å². The number of nitrogens with two attached hydrogens (primary N) is 1. The molecule has 2 aliphatic rings. The maximum atomic E-state index is 14.0. The van der Waals surface area contributed by atoms with Crippen molar-refractivity contribution >= 4 is 57.7 Å². The number of amides is 2. The summed E-state index contributed by atoms with van der Waals surface area (Å²) in [6.45, 7) is 1.28. The number of benzene rings is 2. The maximum Gasteiger partial charge on any atom is 0.356 e. The number of rotatable bonds is 11. The Kier molecular flexibility index (Phi) is 9.95. The summed E-state index contributed by atoms with van der Waals surface area (Å²) in [7, 11) is 1.29. The van der Waals surface area contributed by atoms with Crippen molar-refractivity contribution in [1.29, 1.82) is 0 Å². The standard InChI is InChI=1S/C31H29N5O7S2/c1-18(37)42-15-9-14-21-16-44-29-24(34-27(38)23(35-41-2)22-17-45-31(32)33-22)28(39)36(29)25(21)30(40)43-26(19-10-5-3-6-11-19)20-12-7-4-8-13-20/h3-14,17,24,26,29H,15-16H2,1-2H3,(H2,32,33)(H,34,38)/b14-9+,35-23-/t24?,29-/m0/s1. The predicted octanol–water partition coefficient (Wildman–Crippen LogP) is 3.18. The molecule has 3 aromatic rings. The molecule has 232 valence electrons. The zero-order valence-electron chi connectivity index (χ0n) is 24.2. The van der Waals surface area contributed by atoms with Gasteiger partial charge in [-0.15, -0.1) is 23.1 Å². The highest BCUT2D eigenvalue weighted by molar-refractivity contribution is 8.00. The average molecular weight is 648 g/mol. The van der Waals surface area contributed by atoms with E-state index in [1.54, 1.807) is 17.5 Å². The molecule has 1 unspecified atom stereocenters. The van der Waals surface area contributed by atoms with Crippen LogP contribution in [0.2, 0.25) is 0 Å². The van der Waals surface area contributed by atoms with Gasteiger partial charge >= 0.3 is 11.9 Å². The van der Waals surface area contributed by atoms with Gasteiger partial charge < -0.3 is 25.4 Å². The number of nitrogen functional groups attached to an aromatic ring is 1. The van der Waals surface area contributed by atoms with Crippen molar-refractivity contribution in [2.75, 3.05) is 25.2 Å². The molecule has 2 aromatic carbocycles. The third-order valence-corrected chi connectivity index (χ3v) is 8.75. The summed E-state index contributed by atoms with van der Waals surface area (Å²) in [5.74, 6) is -2.06. The fourth-order valence-corrected chi connectivity index (χ4v) is 6.63. The second-order valence-corrected chi connectivity index (χ2v) is 11.7. The zero-order chi connectivity index (χ0) is 31.9. The van der Waals surface area contributed by atoms with Gasteiger partial charge in [-0.05, 0) is 22.8 Å². The molecule has 45 heavy (non-hydrogen) atoms. The number of thiazole rings is 1. The summed E-state index contributed by atoms with van der Waals surface area (Å²) in [5.41, 5.74) is 7.83. The van der Waals surface area contributed by atoms with Crippen LogP contribution in [-0.4, -0.2) is 70.2 Å². The van der Waals surface area contributed by atoms with E-state index in [4.69, 9.17) is 20.0 Å². The Morgan fingerprint density at radius 2 is 1.80 bits per heavy atom. The lowest BCUT2D eigenvalue weighted by atomic mass is 10.0. The highest BCUT2D eigenvalue weighted by Crippen LogP contribution is 2.42. The largest absolute Gasteiger partial charge is 0.462 e. The van der Waals surface area contributed by atoms with Crippen LogP contribution in [0.5, 0.6) is 0 Å². The number of hydrogen-bond acceptors (Lipinski definition) is 12. The van der Waals surface area contributed by atoms with E-state index in [0.717, 1.165) is 22.5 Å². The Balaban J connectivity index is 1.43. The maximum absolute atomic E-state index is 14.0. The Labute approximate surface area is 266 Å². The van der Waals surface area contributed by atoms with Crippen molar-refractivity contribution in [1.82, 2.24) is 15.2 Å². The van der Waals surface area contributed by atoms with Crippen LogP contribution in [0.1, 0.15) is 29.8 Å². The van der Waals surface area contributed by atoms with Gasteiger partial charge in [0, 0.05) is 18.1 Å². The second-order valence-electron chi connectivity index (χ2n) is 9.74. The molecule has 0 saturated carbocycles. The van der Waals surface area contributed by atoms with Crippen molar-refractivity contribution in [3.05, 3.63) is 106 Å². The van der Waals surface area contributed by atoms with Crippen molar-refractivity contribution < 1.29 is 33.5 Å².